The Kier molecular flexibility index (Phi) is 1.89. The fourth-order valence-corrected chi connectivity index (χ4v) is 2.00. The first kappa shape index (κ1) is 8.72. The van der Waals surface area contributed by atoms with E-state index in [1.807, 2.05) is 0 Å². The van der Waals surface area contributed by atoms with Gasteiger partial charge >= 0.3 is 5.97 Å². The van der Waals surface area contributed by atoms with Crippen LogP contribution in [0.4, 0.5) is 0 Å². The summed E-state index contributed by atoms with van der Waals surface area (Å²) in [5, 5.41) is 18.8. The van der Waals surface area contributed by atoms with E-state index in [0.717, 1.165) is 0 Å². The molecule has 0 aromatic carbocycles. The summed E-state index contributed by atoms with van der Waals surface area (Å²) in [4.78, 5) is 10.9. The number of ether oxygens (including phenoxy) is 1. The molecule has 0 unspecified atom stereocenters. The third-order valence-corrected chi connectivity index (χ3v) is 2.87. The fourth-order valence-electron chi connectivity index (χ4n) is 2.00. The average molecular weight is 184 g/mol. The molecule has 1 saturated heterocycles. The molecule has 2 rings (SSSR count). The molecule has 0 aromatic heterocycles. The van der Waals surface area contributed by atoms with Gasteiger partial charge in [-0.1, -0.05) is 12.2 Å². The minimum Gasteiger partial charge on any atom is -0.465 e. The van der Waals surface area contributed by atoms with E-state index in [1.54, 1.807) is 12.2 Å². The maximum Gasteiger partial charge on any atom is 0.306 e. The Balaban J connectivity index is 2.17. The third-order valence-electron chi connectivity index (χ3n) is 2.87. The van der Waals surface area contributed by atoms with Gasteiger partial charge in [0, 0.05) is 5.92 Å². The number of hydrogen-bond donors (Lipinski definition) is 2. The van der Waals surface area contributed by atoms with Crippen molar-refractivity contribution in [2.75, 3.05) is 13.2 Å². The van der Waals surface area contributed by atoms with E-state index in [-0.39, 0.29) is 31.0 Å². The summed E-state index contributed by atoms with van der Waals surface area (Å²) in [6.45, 7) is -0.115. The summed E-state index contributed by atoms with van der Waals surface area (Å²) in [5.74, 6) is -0.373. The minimum absolute atomic E-state index is 0.0263. The van der Waals surface area contributed by atoms with E-state index in [0.29, 0.717) is 6.42 Å². The van der Waals surface area contributed by atoms with Crippen molar-refractivity contribution in [3.8, 4) is 0 Å². The first-order chi connectivity index (χ1) is 6.15. The molecule has 13 heavy (non-hydrogen) atoms. The Morgan fingerprint density at radius 2 is 2.46 bits per heavy atom. The highest BCUT2D eigenvalue weighted by Crippen LogP contribution is 2.38. The van der Waals surface area contributed by atoms with Crippen molar-refractivity contribution in [2.24, 2.45) is 11.8 Å². The summed E-state index contributed by atoms with van der Waals surface area (Å²) >= 11 is 0. The molecule has 2 N–H and O–H groups in total. The molecule has 0 bridgehead atoms. The summed E-state index contributed by atoms with van der Waals surface area (Å²) in [6.07, 6.45) is 3.68. The fraction of sp³-hybridized carbons (Fsp3) is 0.667. The van der Waals surface area contributed by atoms with Gasteiger partial charge in [0.05, 0.1) is 19.6 Å². The molecule has 2 aliphatic rings. The number of aliphatic hydroxyl groups is 2. The van der Waals surface area contributed by atoms with Gasteiger partial charge in [-0.15, -0.1) is 0 Å². The molecule has 1 heterocycles. The standard InChI is InChI=1S/C9H12O4/c10-5-9(12)2-1-6-3-8(11)13-4-7(6)9/h1-2,6-7,10,12H,3-5H2/t6-,7+,9+/m1/s1. The van der Waals surface area contributed by atoms with E-state index in [4.69, 9.17) is 9.84 Å². The number of esters is 1. The maximum absolute atomic E-state index is 10.9. The second-order valence-electron chi connectivity index (χ2n) is 3.67. The smallest absolute Gasteiger partial charge is 0.306 e. The summed E-state index contributed by atoms with van der Waals surface area (Å²) < 4.78 is 4.84. The first-order valence-corrected chi connectivity index (χ1v) is 4.34. The molecule has 1 aliphatic carbocycles. The number of rotatable bonds is 1. The molecule has 1 fully saturated rings. The largest absolute Gasteiger partial charge is 0.465 e. The van der Waals surface area contributed by atoms with Crippen LogP contribution in [0.5, 0.6) is 0 Å². The molecule has 4 heteroatoms. The van der Waals surface area contributed by atoms with Gasteiger partial charge in [0.2, 0.25) is 0 Å². The Bertz CT molecular complexity index is 260. The number of carbonyl (C=O) groups excluding carboxylic acids is 1. The van der Waals surface area contributed by atoms with E-state index in [1.165, 1.54) is 0 Å². The van der Waals surface area contributed by atoms with Crippen molar-refractivity contribution in [1.29, 1.82) is 0 Å². The predicted octanol–water partition coefficient (Wildman–Crippen LogP) is -0.541. The minimum atomic E-state index is -1.19. The highest BCUT2D eigenvalue weighted by atomic mass is 16.5. The van der Waals surface area contributed by atoms with Gasteiger partial charge in [0.15, 0.2) is 0 Å². The first-order valence-electron chi connectivity index (χ1n) is 4.34. The van der Waals surface area contributed by atoms with Crippen LogP contribution in [0.2, 0.25) is 0 Å². The number of aliphatic hydroxyl groups excluding tert-OH is 1. The van der Waals surface area contributed by atoms with Gasteiger partial charge < -0.3 is 14.9 Å². The molecule has 0 saturated carbocycles. The number of carbonyl (C=O) groups is 1. The Hall–Kier alpha value is -0.870. The second kappa shape index (κ2) is 2.82. The van der Waals surface area contributed by atoms with Crippen LogP contribution < -0.4 is 0 Å². The van der Waals surface area contributed by atoms with Gasteiger partial charge in [-0.3, -0.25) is 4.79 Å². The summed E-state index contributed by atoms with van der Waals surface area (Å²) in [6, 6.07) is 0. The number of fused-ring (bicyclic) bond motifs is 1. The van der Waals surface area contributed by atoms with Gasteiger partial charge in [0.1, 0.15) is 5.60 Å². The Morgan fingerprint density at radius 1 is 1.69 bits per heavy atom. The lowest BCUT2D eigenvalue weighted by Crippen LogP contribution is -2.45. The topological polar surface area (TPSA) is 66.8 Å². The van der Waals surface area contributed by atoms with Gasteiger partial charge in [-0.05, 0) is 5.92 Å². The number of cyclic esters (lactones) is 1. The van der Waals surface area contributed by atoms with Crippen molar-refractivity contribution in [2.45, 2.75) is 12.0 Å². The zero-order valence-corrected chi connectivity index (χ0v) is 7.14. The lowest BCUT2D eigenvalue weighted by Gasteiger charge is -2.33. The van der Waals surface area contributed by atoms with Crippen LogP contribution in [0.25, 0.3) is 0 Å². The van der Waals surface area contributed by atoms with E-state index in [2.05, 4.69) is 0 Å². The van der Waals surface area contributed by atoms with Crippen molar-refractivity contribution in [1.82, 2.24) is 0 Å². The lowest BCUT2D eigenvalue weighted by molar-refractivity contribution is -0.158. The van der Waals surface area contributed by atoms with Crippen LogP contribution in [0.3, 0.4) is 0 Å². The molecule has 72 valence electrons. The zero-order chi connectivity index (χ0) is 9.47. The molecule has 3 atom stereocenters. The van der Waals surface area contributed by atoms with Crippen LogP contribution >= 0.6 is 0 Å². The third kappa shape index (κ3) is 1.26. The van der Waals surface area contributed by atoms with E-state index in [9.17, 15) is 9.90 Å². The van der Waals surface area contributed by atoms with E-state index >= 15 is 0 Å². The second-order valence-corrected chi connectivity index (χ2v) is 3.67. The molecule has 0 aromatic rings. The van der Waals surface area contributed by atoms with Gasteiger partial charge in [0.25, 0.3) is 0 Å². The molecular weight excluding hydrogens is 172 g/mol. The van der Waals surface area contributed by atoms with Crippen LogP contribution in [0.1, 0.15) is 6.42 Å². The number of hydrogen-bond acceptors (Lipinski definition) is 4. The van der Waals surface area contributed by atoms with Crippen LogP contribution in [-0.2, 0) is 9.53 Å². The highest BCUT2D eigenvalue weighted by Gasteiger charge is 2.46. The van der Waals surface area contributed by atoms with E-state index < -0.39 is 5.60 Å². The SMILES string of the molecule is O=C1C[C@H]2C=C[C@](O)(CO)[C@H]2CO1. The number of allylic oxidation sites excluding steroid dienone is 1. The maximum atomic E-state index is 10.9. The molecule has 0 radical (unpaired) electrons. The average Bonchev–Trinajstić information content (AvgIpc) is 2.45. The predicted molar refractivity (Wildman–Crippen MR) is 43.7 cm³/mol. The monoisotopic (exact) mass is 184 g/mol. The zero-order valence-electron chi connectivity index (χ0n) is 7.14. The Labute approximate surface area is 75.8 Å². The molecule has 1 aliphatic heterocycles. The van der Waals surface area contributed by atoms with Crippen LogP contribution in [0.15, 0.2) is 12.2 Å². The van der Waals surface area contributed by atoms with Crippen LogP contribution in [-0.4, -0.2) is 35.0 Å². The van der Waals surface area contributed by atoms with Crippen molar-refractivity contribution in [3.63, 3.8) is 0 Å². The molecule has 0 spiro atoms. The van der Waals surface area contributed by atoms with Crippen LogP contribution in [0, 0.1) is 11.8 Å². The molecular formula is C9H12O4. The highest BCUT2D eigenvalue weighted by molar-refractivity contribution is 5.71. The van der Waals surface area contributed by atoms with Crippen molar-refractivity contribution < 1.29 is 19.7 Å². The molecule has 4 nitrogen and oxygen atoms in total. The normalized spacial score (nSPS) is 43.1. The van der Waals surface area contributed by atoms with Crippen molar-refractivity contribution >= 4 is 5.97 Å². The summed E-state index contributed by atoms with van der Waals surface area (Å²) in [5.41, 5.74) is -1.19. The lowest BCUT2D eigenvalue weighted by atomic mass is 9.83. The van der Waals surface area contributed by atoms with Gasteiger partial charge in [-0.2, -0.15) is 0 Å². The quantitative estimate of drug-likeness (QED) is 0.424. The van der Waals surface area contributed by atoms with Crippen molar-refractivity contribution in [3.05, 3.63) is 12.2 Å². The summed E-state index contributed by atoms with van der Waals surface area (Å²) in [7, 11) is 0. The Morgan fingerprint density at radius 3 is 3.15 bits per heavy atom. The van der Waals surface area contributed by atoms with Gasteiger partial charge in [-0.25, -0.2) is 0 Å². The molecule has 0 amide bonds.